The molecule has 0 fully saturated rings. The van der Waals surface area contributed by atoms with Gasteiger partial charge in [0, 0.05) is 30.7 Å². The molecule has 4 aromatic rings. The fraction of sp³-hybridized carbons (Fsp3) is 0.351. The molecule has 6 heterocycles. The van der Waals surface area contributed by atoms with Gasteiger partial charge >= 0.3 is 0 Å². The van der Waals surface area contributed by atoms with Crippen molar-refractivity contribution in [1.29, 1.82) is 0 Å². The van der Waals surface area contributed by atoms with Gasteiger partial charge in [-0.15, -0.1) is 0 Å². The van der Waals surface area contributed by atoms with Crippen LogP contribution in [0.15, 0.2) is 60.7 Å². The first-order chi connectivity index (χ1) is 21.9. The van der Waals surface area contributed by atoms with Crippen LogP contribution in [0.3, 0.4) is 0 Å². The lowest BCUT2D eigenvalue weighted by molar-refractivity contribution is 0.219. The number of ether oxygens (including phenoxy) is 5. The van der Waals surface area contributed by atoms with E-state index in [-0.39, 0.29) is 17.8 Å². The molecule has 0 spiro atoms. The molecule has 0 radical (unpaired) electrons. The lowest BCUT2D eigenvalue weighted by atomic mass is 9.87. The summed E-state index contributed by atoms with van der Waals surface area (Å²) in [7, 11) is 9.33. The Morgan fingerprint density at radius 2 is 1.36 bits per heavy atom. The molecule has 234 valence electrons. The van der Waals surface area contributed by atoms with Crippen LogP contribution in [0.4, 0.5) is 0 Å². The average molecular weight is 609 g/mol. The highest BCUT2D eigenvalue weighted by Crippen LogP contribution is 2.51. The second-order valence-corrected chi connectivity index (χ2v) is 12.3. The van der Waals surface area contributed by atoms with Gasteiger partial charge in [-0.25, -0.2) is 0 Å². The number of hydrogen-bond acceptors (Lipinski definition) is 8. The highest BCUT2D eigenvalue weighted by atomic mass is 16.5. The maximum atomic E-state index is 10.7. The number of benzene rings is 4. The predicted octanol–water partition coefficient (Wildman–Crippen LogP) is 6.86. The number of rotatable bonds is 3. The Morgan fingerprint density at radius 3 is 2.09 bits per heavy atom. The zero-order valence-corrected chi connectivity index (χ0v) is 26.6. The summed E-state index contributed by atoms with van der Waals surface area (Å²) in [5.74, 6) is 4.38. The van der Waals surface area contributed by atoms with E-state index in [0.29, 0.717) is 46.7 Å². The van der Waals surface area contributed by atoms with Gasteiger partial charge in [-0.2, -0.15) is 0 Å². The predicted molar refractivity (Wildman–Crippen MR) is 173 cm³/mol. The smallest absolute Gasteiger partial charge is 0.204 e. The van der Waals surface area contributed by atoms with E-state index >= 15 is 0 Å². The van der Waals surface area contributed by atoms with Crippen LogP contribution >= 0.6 is 0 Å². The minimum atomic E-state index is 0.00324. The summed E-state index contributed by atoms with van der Waals surface area (Å²) < 4.78 is 31.0. The maximum Gasteiger partial charge on any atom is 0.204 e. The zero-order chi connectivity index (χ0) is 31.2. The van der Waals surface area contributed by atoms with Gasteiger partial charge in [0.05, 0.1) is 21.3 Å². The zero-order valence-electron chi connectivity index (χ0n) is 26.6. The normalized spacial score (nSPS) is 19.4. The van der Waals surface area contributed by atoms with Crippen LogP contribution in [0.1, 0.15) is 45.5 Å². The van der Waals surface area contributed by atoms with Crippen molar-refractivity contribution in [3.63, 3.8) is 0 Å². The van der Waals surface area contributed by atoms with Gasteiger partial charge in [0.1, 0.15) is 5.75 Å². The van der Waals surface area contributed by atoms with Crippen LogP contribution in [0.25, 0.3) is 0 Å². The topological polar surface area (TPSA) is 72.9 Å². The minimum absolute atomic E-state index is 0.00324. The average Bonchev–Trinajstić information content (AvgIpc) is 3.04. The third-order valence-electron chi connectivity index (χ3n) is 9.64. The van der Waals surface area contributed by atoms with Crippen LogP contribution in [-0.2, 0) is 25.7 Å². The molecule has 10 rings (SSSR count). The van der Waals surface area contributed by atoms with Crippen LogP contribution in [-0.4, -0.2) is 63.4 Å². The summed E-state index contributed by atoms with van der Waals surface area (Å²) in [5, 5.41) is 10.7. The largest absolute Gasteiger partial charge is 0.504 e. The monoisotopic (exact) mass is 608 g/mol. The van der Waals surface area contributed by atoms with Crippen LogP contribution < -0.4 is 23.7 Å². The molecule has 2 unspecified atom stereocenters. The van der Waals surface area contributed by atoms with E-state index in [1.54, 1.807) is 27.4 Å². The third kappa shape index (κ3) is 5.32. The van der Waals surface area contributed by atoms with Crippen molar-refractivity contribution in [1.82, 2.24) is 9.80 Å². The molecular weight excluding hydrogens is 568 g/mol. The Balaban J connectivity index is 1.43. The number of aromatic hydroxyl groups is 1. The summed E-state index contributed by atoms with van der Waals surface area (Å²) in [6.07, 6.45) is 3.28. The summed E-state index contributed by atoms with van der Waals surface area (Å²) in [4.78, 5) is 4.74. The highest BCUT2D eigenvalue weighted by Gasteiger charge is 2.34. The van der Waals surface area contributed by atoms with Gasteiger partial charge < -0.3 is 28.8 Å². The van der Waals surface area contributed by atoms with Crippen molar-refractivity contribution in [2.45, 2.75) is 37.8 Å². The Labute approximate surface area is 264 Å². The quantitative estimate of drug-likeness (QED) is 0.271. The third-order valence-corrected chi connectivity index (χ3v) is 9.64. The molecule has 45 heavy (non-hydrogen) atoms. The van der Waals surface area contributed by atoms with Gasteiger partial charge in [-0.3, -0.25) is 9.80 Å². The van der Waals surface area contributed by atoms with Gasteiger partial charge in [0.2, 0.25) is 5.75 Å². The molecule has 2 atom stereocenters. The molecule has 0 amide bonds. The Hall–Kier alpha value is -4.40. The number of phenolic OH excluding ortho intramolecular Hbond substituents is 1. The van der Waals surface area contributed by atoms with E-state index in [1.807, 2.05) is 24.3 Å². The molecule has 10 bridgehead atoms. The van der Waals surface area contributed by atoms with E-state index in [4.69, 9.17) is 23.7 Å². The van der Waals surface area contributed by atoms with Crippen molar-refractivity contribution in [3.05, 3.63) is 94.0 Å². The first-order valence-corrected chi connectivity index (χ1v) is 15.5. The van der Waals surface area contributed by atoms with Gasteiger partial charge in [0.25, 0.3) is 0 Å². The van der Waals surface area contributed by atoms with E-state index in [9.17, 15) is 5.11 Å². The molecule has 8 heteroatoms. The van der Waals surface area contributed by atoms with E-state index in [2.05, 4.69) is 54.2 Å². The number of nitrogens with zero attached hydrogens (tertiary/aromatic N) is 2. The van der Waals surface area contributed by atoms with E-state index in [0.717, 1.165) is 49.0 Å². The van der Waals surface area contributed by atoms with Crippen molar-refractivity contribution in [3.8, 4) is 46.0 Å². The minimum Gasteiger partial charge on any atom is -0.504 e. The molecular formula is C37H40N2O6. The number of methoxy groups -OCH3 is 3. The molecule has 0 saturated heterocycles. The van der Waals surface area contributed by atoms with Gasteiger partial charge in [-0.05, 0) is 110 Å². The number of hydrogen-bond donors (Lipinski definition) is 1. The summed E-state index contributed by atoms with van der Waals surface area (Å²) in [6.45, 7) is 1.82. The van der Waals surface area contributed by atoms with Crippen molar-refractivity contribution in [2.24, 2.45) is 0 Å². The SMILES string of the molecule is COc1cc2c3cc1Oc1cc4c(c(OC)c1OC)C(Cc1ccc(O)c(c1)Oc1ccc(cc1)CC3N(C)CC2)N(C)CC4. The second-order valence-electron chi connectivity index (χ2n) is 12.3. The maximum absolute atomic E-state index is 10.7. The van der Waals surface area contributed by atoms with Crippen LogP contribution in [0.5, 0.6) is 46.0 Å². The first kappa shape index (κ1) is 29.3. The molecule has 0 saturated carbocycles. The molecule has 6 aliphatic rings. The lowest BCUT2D eigenvalue weighted by Gasteiger charge is -2.37. The van der Waals surface area contributed by atoms with Crippen LogP contribution in [0.2, 0.25) is 0 Å². The molecule has 0 aromatic heterocycles. The number of likely N-dealkylation sites (N-methyl/N-ethyl adjacent to an activating group) is 2. The van der Waals surface area contributed by atoms with Crippen LogP contribution in [0, 0.1) is 0 Å². The van der Waals surface area contributed by atoms with E-state index in [1.165, 1.54) is 16.7 Å². The molecule has 6 aliphatic heterocycles. The molecule has 8 nitrogen and oxygen atoms in total. The van der Waals surface area contributed by atoms with Crippen molar-refractivity contribution < 1.29 is 28.8 Å². The fourth-order valence-electron chi connectivity index (χ4n) is 7.15. The Bertz CT molecular complexity index is 1740. The van der Waals surface area contributed by atoms with Gasteiger partial charge in [-0.1, -0.05) is 18.2 Å². The molecule has 0 aliphatic carbocycles. The highest BCUT2D eigenvalue weighted by molar-refractivity contribution is 5.63. The van der Waals surface area contributed by atoms with Crippen molar-refractivity contribution >= 4 is 0 Å². The van der Waals surface area contributed by atoms with Crippen molar-refractivity contribution in [2.75, 3.05) is 48.5 Å². The summed E-state index contributed by atoms with van der Waals surface area (Å²) >= 11 is 0. The Kier molecular flexibility index (Phi) is 7.71. The van der Waals surface area contributed by atoms with Gasteiger partial charge in [0.15, 0.2) is 34.5 Å². The van der Waals surface area contributed by atoms with E-state index < -0.39 is 0 Å². The molecule has 1 N–H and O–H groups in total. The second kappa shape index (κ2) is 11.8. The standard InChI is InChI=1S/C37H40N2O6/c1-38-14-12-24-19-32(41-3)33-21-27(24)28(38)16-22-6-9-26(10-7-22)44-31-18-23(8-11-30(31)40)17-29-35-25(13-15-39(29)2)20-34(45-33)36(42-4)37(35)43-5/h6-11,18-21,28-29,40H,12-17H2,1-5H3. The molecule has 4 aromatic carbocycles. The fourth-order valence-corrected chi connectivity index (χ4v) is 7.15. The lowest BCUT2D eigenvalue weighted by Crippen LogP contribution is -2.34. The first-order valence-electron chi connectivity index (χ1n) is 15.5. The number of phenols is 1. The Morgan fingerprint density at radius 1 is 0.667 bits per heavy atom. The summed E-state index contributed by atoms with van der Waals surface area (Å²) in [5.41, 5.74) is 6.96. The summed E-state index contributed by atoms with van der Waals surface area (Å²) in [6, 6.07) is 20.3.